The molecule has 0 saturated carbocycles. The van der Waals surface area contributed by atoms with E-state index in [1.54, 1.807) is 18.3 Å². The number of thioether (sulfide) groups is 1. The number of carbonyl (C=O) groups excluding carboxylic acids is 1. The molecule has 0 bridgehead atoms. The predicted octanol–water partition coefficient (Wildman–Crippen LogP) is 5.87. The second kappa shape index (κ2) is 10.2. The summed E-state index contributed by atoms with van der Waals surface area (Å²) >= 11 is 1.23. The third-order valence-corrected chi connectivity index (χ3v) is 7.03. The number of hydrogen-bond donors (Lipinski definition) is 1. The summed E-state index contributed by atoms with van der Waals surface area (Å²) in [6.07, 6.45) is 1.65. The second-order valence-corrected chi connectivity index (χ2v) is 9.53. The Hall–Kier alpha value is -4.23. The van der Waals surface area contributed by atoms with E-state index in [-0.39, 0.29) is 11.5 Å². The molecule has 0 aliphatic heterocycles. The van der Waals surface area contributed by atoms with Gasteiger partial charge in [-0.3, -0.25) is 9.59 Å². The van der Waals surface area contributed by atoms with Gasteiger partial charge in [0.05, 0.1) is 10.9 Å². The van der Waals surface area contributed by atoms with Gasteiger partial charge in [-0.05, 0) is 55.3 Å². The zero-order valence-corrected chi connectivity index (χ0v) is 20.7. The molecule has 1 unspecified atom stereocenters. The van der Waals surface area contributed by atoms with Crippen LogP contribution in [0, 0.1) is 13.8 Å². The molecule has 5 aromatic rings. The maximum atomic E-state index is 13.7. The van der Waals surface area contributed by atoms with Crippen LogP contribution in [0.3, 0.4) is 0 Å². The van der Waals surface area contributed by atoms with Crippen molar-refractivity contribution in [1.82, 2.24) is 14.5 Å². The van der Waals surface area contributed by atoms with Crippen LogP contribution in [0.15, 0.2) is 107 Å². The van der Waals surface area contributed by atoms with E-state index in [2.05, 4.69) is 10.3 Å². The Balaban J connectivity index is 1.64. The van der Waals surface area contributed by atoms with E-state index in [9.17, 15) is 9.59 Å². The van der Waals surface area contributed by atoms with Crippen molar-refractivity contribution >= 4 is 34.3 Å². The van der Waals surface area contributed by atoms with Gasteiger partial charge in [0.15, 0.2) is 5.16 Å². The van der Waals surface area contributed by atoms with Crippen molar-refractivity contribution in [2.24, 2.45) is 0 Å². The fourth-order valence-electron chi connectivity index (χ4n) is 3.94. The molecule has 0 aliphatic carbocycles. The van der Waals surface area contributed by atoms with Crippen LogP contribution in [0.25, 0.3) is 16.7 Å². The molecule has 6 nitrogen and oxygen atoms in total. The van der Waals surface area contributed by atoms with Crippen molar-refractivity contribution in [2.45, 2.75) is 24.3 Å². The van der Waals surface area contributed by atoms with Gasteiger partial charge in [-0.15, -0.1) is 0 Å². The third kappa shape index (κ3) is 4.78. The fourth-order valence-corrected chi connectivity index (χ4v) is 5.04. The summed E-state index contributed by atoms with van der Waals surface area (Å²) in [7, 11) is 0. The van der Waals surface area contributed by atoms with E-state index < -0.39 is 5.25 Å². The molecule has 5 rings (SSSR count). The molecule has 2 heterocycles. The Morgan fingerprint density at radius 2 is 1.61 bits per heavy atom. The first-order chi connectivity index (χ1) is 17.5. The largest absolute Gasteiger partial charge is 0.325 e. The van der Waals surface area contributed by atoms with Crippen molar-refractivity contribution in [2.75, 3.05) is 5.32 Å². The Bertz CT molecular complexity index is 1600. The number of para-hydroxylation sites is 1. The van der Waals surface area contributed by atoms with E-state index in [1.807, 2.05) is 92.7 Å². The maximum Gasteiger partial charge on any atom is 0.267 e. The molecule has 3 aromatic carbocycles. The number of aryl methyl sites for hydroxylation is 2. The number of hydrogen-bond acceptors (Lipinski definition) is 5. The van der Waals surface area contributed by atoms with E-state index in [0.717, 1.165) is 16.7 Å². The minimum absolute atomic E-state index is 0.207. The number of rotatable bonds is 6. The van der Waals surface area contributed by atoms with Crippen LogP contribution < -0.4 is 10.9 Å². The molecule has 0 aliphatic rings. The number of aromatic nitrogens is 3. The van der Waals surface area contributed by atoms with Gasteiger partial charge < -0.3 is 5.32 Å². The molecular weight excluding hydrogens is 468 g/mol. The number of amides is 1. The summed E-state index contributed by atoms with van der Waals surface area (Å²) in [4.78, 5) is 36.6. The highest BCUT2D eigenvalue weighted by atomic mass is 32.2. The van der Waals surface area contributed by atoms with Gasteiger partial charge >= 0.3 is 0 Å². The van der Waals surface area contributed by atoms with Crippen LogP contribution in [0.1, 0.15) is 21.9 Å². The predicted molar refractivity (Wildman–Crippen MR) is 145 cm³/mol. The van der Waals surface area contributed by atoms with Crippen molar-refractivity contribution in [1.29, 1.82) is 0 Å². The normalized spacial score (nSPS) is 11.8. The highest BCUT2D eigenvalue weighted by molar-refractivity contribution is 8.00. The molecule has 36 heavy (non-hydrogen) atoms. The van der Waals surface area contributed by atoms with Gasteiger partial charge in [-0.1, -0.05) is 78.0 Å². The molecule has 0 fully saturated rings. The highest BCUT2D eigenvalue weighted by Gasteiger charge is 2.26. The SMILES string of the molecule is Cc1ccc(NC(=O)C(Sc2nc3ccccc3c(=O)n2-c2ncccc2C)c2ccccc2)cc1. The average molecular weight is 493 g/mol. The van der Waals surface area contributed by atoms with Crippen LogP contribution in [0.4, 0.5) is 5.69 Å². The smallest absolute Gasteiger partial charge is 0.267 e. The van der Waals surface area contributed by atoms with Crippen LogP contribution in [-0.4, -0.2) is 20.4 Å². The van der Waals surface area contributed by atoms with Crippen molar-refractivity contribution in [3.63, 3.8) is 0 Å². The zero-order chi connectivity index (χ0) is 25.1. The number of pyridine rings is 1. The molecule has 7 heteroatoms. The molecule has 1 N–H and O–H groups in total. The zero-order valence-electron chi connectivity index (χ0n) is 19.9. The molecule has 0 spiro atoms. The quantitative estimate of drug-likeness (QED) is 0.237. The van der Waals surface area contributed by atoms with Crippen molar-refractivity contribution in [3.8, 4) is 5.82 Å². The highest BCUT2D eigenvalue weighted by Crippen LogP contribution is 2.36. The number of nitrogens with zero attached hydrogens (tertiary/aromatic N) is 3. The molecule has 0 radical (unpaired) electrons. The first-order valence-electron chi connectivity index (χ1n) is 11.5. The van der Waals surface area contributed by atoms with Gasteiger partial charge in [-0.2, -0.15) is 0 Å². The Morgan fingerprint density at radius 1 is 0.889 bits per heavy atom. The van der Waals surface area contributed by atoms with Crippen LogP contribution >= 0.6 is 11.8 Å². The lowest BCUT2D eigenvalue weighted by atomic mass is 10.1. The fraction of sp³-hybridized carbons (Fsp3) is 0.103. The minimum atomic E-state index is -0.657. The molecule has 2 aromatic heterocycles. The van der Waals surface area contributed by atoms with Gasteiger partial charge in [-0.25, -0.2) is 14.5 Å². The number of benzene rings is 3. The van der Waals surface area contributed by atoms with E-state index in [4.69, 9.17) is 4.98 Å². The van der Waals surface area contributed by atoms with Crippen molar-refractivity contribution < 1.29 is 4.79 Å². The summed E-state index contributed by atoms with van der Waals surface area (Å²) in [5.74, 6) is 0.288. The van der Waals surface area contributed by atoms with E-state index in [1.165, 1.54) is 16.3 Å². The number of nitrogens with one attached hydrogen (secondary N) is 1. The number of carbonyl (C=O) groups is 1. The topological polar surface area (TPSA) is 76.9 Å². The maximum absolute atomic E-state index is 13.7. The van der Waals surface area contributed by atoms with E-state index in [0.29, 0.717) is 27.6 Å². The van der Waals surface area contributed by atoms with E-state index >= 15 is 0 Å². The third-order valence-electron chi connectivity index (χ3n) is 5.82. The Kier molecular flexibility index (Phi) is 6.64. The van der Waals surface area contributed by atoms with Gasteiger partial charge in [0.1, 0.15) is 11.1 Å². The van der Waals surface area contributed by atoms with Gasteiger partial charge in [0.25, 0.3) is 5.56 Å². The summed E-state index contributed by atoms with van der Waals surface area (Å²) in [6.45, 7) is 3.90. The first-order valence-corrected chi connectivity index (χ1v) is 12.4. The molecule has 1 atom stereocenters. The lowest BCUT2D eigenvalue weighted by Gasteiger charge is -2.20. The molecule has 178 valence electrons. The van der Waals surface area contributed by atoms with Gasteiger partial charge in [0, 0.05) is 11.9 Å². The summed E-state index contributed by atoms with van der Waals surface area (Å²) in [5.41, 5.74) is 3.79. The standard InChI is InChI=1S/C29H24N4O2S/c1-19-14-16-22(17-15-19)31-27(34)25(21-10-4-3-5-11-21)36-29-32-24-13-7-6-12-23(24)28(35)33(29)26-20(2)9-8-18-30-26/h3-18,25H,1-2H3,(H,31,34). The first kappa shape index (κ1) is 23.5. The average Bonchev–Trinajstić information content (AvgIpc) is 2.90. The molecule has 0 saturated heterocycles. The Labute approximate surface area is 213 Å². The van der Waals surface area contributed by atoms with Crippen LogP contribution in [0.2, 0.25) is 0 Å². The number of fused-ring (bicyclic) bond motifs is 1. The van der Waals surface area contributed by atoms with Gasteiger partial charge in [0.2, 0.25) is 5.91 Å². The molecule has 1 amide bonds. The monoisotopic (exact) mass is 492 g/mol. The lowest BCUT2D eigenvalue weighted by molar-refractivity contribution is -0.115. The van der Waals surface area contributed by atoms with Crippen LogP contribution in [-0.2, 0) is 4.79 Å². The summed E-state index contributed by atoms with van der Waals surface area (Å²) < 4.78 is 1.51. The lowest BCUT2D eigenvalue weighted by Crippen LogP contribution is -2.25. The summed E-state index contributed by atoms with van der Waals surface area (Å²) in [5, 5.41) is 3.25. The Morgan fingerprint density at radius 3 is 2.36 bits per heavy atom. The van der Waals surface area contributed by atoms with Crippen LogP contribution in [0.5, 0.6) is 0 Å². The van der Waals surface area contributed by atoms with Crippen molar-refractivity contribution in [3.05, 3.63) is 124 Å². The minimum Gasteiger partial charge on any atom is -0.325 e. The number of anilines is 1. The molecular formula is C29H24N4O2S. The second-order valence-electron chi connectivity index (χ2n) is 8.46. The summed E-state index contributed by atoms with van der Waals surface area (Å²) in [6, 6.07) is 28.1.